The van der Waals surface area contributed by atoms with Crippen LogP contribution in [0.4, 0.5) is 0 Å². The first-order valence-electron chi connectivity index (χ1n) is 5.34. The highest BCUT2D eigenvalue weighted by atomic mass is 16.5. The van der Waals surface area contributed by atoms with Crippen molar-refractivity contribution in [1.82, 2.24) is 4.98 Å². The van der Waals surface area contributed by atoms with Crippen LogP contribution in [0.25, 0.3) is 0 Å². The van der Waals surface area contributed by atoms with Crippen molar-refractivity contribution in [2.75, 3.05) is 7.11 Å². The fraction of sp³-hybridized carbons (Fsp3) is 0.417. The maximum Gasteiger partial charge on any atom is 0.339 e. The number of methoxy groups -OCH3 is 1. The number of carboxylic acids is 1. The van der Waals surface area contributed by atoms with Crippen molar-refractivity contribution in [1.29, 1.82) is 0 Å². The molecule has 0 bridgehead atoms. The molecule has 0 spiro atoms. The average molecular weight is 235 g/mol. The molecule has 0 unspecified atom stereocenters. The van der Waals surface area contributed by atoms with Gasteiger partial charge in [0.05, 0.1) is 18.1 Å². The predicted molar refractivity (Wildman–Crippen MR) is 58.6 cm³/mol. The molecule has 2 rings (SSSR count). The van der Waals surface area contributed by atoms with Gasteiger partial charge in [-0.05, 0) is 25.0 Å². The van der Waals surface area contributed by atoms with Gasteiger partial charge in [-0.25, -0.2) is 4.79 Å². The lowest BCUT2D eigenvalue weighted by atomic mass is 10.00. The van der Waals surface area contributed by atoms with E-state index in [0.29, 0.717) is 30.5 Å². The van der Waals surface area contributed by atoms with Crippen molar-refractivity contribution in [2.24, 2.45) is 5.41 Å². The molecule has 1 aliphatic rings. The fourth-order valence-corrected chi connectivity index (χ4v) is 1.73. The molecule has 1 aromatic rings. The molecular weight excluding hydrogens is 222 g/mol. The molecule has 0 atom stereocenters. The van der Waals surface area contributed by atoms with E-state index in [1.807, 2.05) is 0 Å². The molecule has 1 aliphatic carbocycles. The molecule has 17 heavy (non-hydrogen) atoms. The van der Waals surface area contributed by atoms with Gasteiger partial charge >= 0.3 is 11.9 Å². The van der Waals surface area contributed by atoms with E-state index in [0.717, 1.165) is 0 Å². The number of rotatable bonds is 4. The first-order valence-corrected chi connectivity index (χ1v) is 5.34. The maximum absolute atomic E-state index is 11.2. The number of aliphatic carboxylic acids is 1. The topological polar surface area (TPSA) is 76.5 Å². The summed E-state index contributed by atoms with van der Waals surface area (Å²) < 4.78 is 4.55. The van der Waals surface area contributed by atoms with Gasteiger partial charge in [-0.3, -0.25) is 9.78 Å². The van der Waals surface area contributed by atoms with Crippen LogP contribution in [-0.2, 0) is 16.0 Å². The Morgan fingerprint density at radius 1 is 1.47 bits per heavy atom. The molecule has 1 saturated carbocycles. The minimum Gasteiger partial charge on any atom is -0.481 e. The predicted octanol–water partition coefficient (Wildman–Crippen LogP) is 1.28. The Morgan fingerprint density at radius 3 is 2.59 bits per heavy atom. The highest BCUT2D eigenvalue weighted by Gasteiger charge is 2.50. The molecule has 1 heterocycles. The van der Waals surface area contributed by atoms with Gasteiger partial charge < -0.3 is 9.84 Å². The van der Waals surface area contributed by atoms with Crippen molar-refractivity contribution >= 4 is 11.9 Å². The number of carbonyl (C=O) groups is 2. The van der Waals surface area contributed by atoms with Crippen molar-refractivity contribution in [3.8, 4) is 0 Å². The van der Waals surface area contributed by atoms with Gasteiger partial charge in [-0.2, -0.15) is 0 Å². The van der Waals surface area contributed by atoms with Crippen molar-refractivity contribution in [3.05, 3.63) is 29.6 Å². The third-order valence-corrected chi connectivity index (χ3v) is 3.07. The van der Waals surface area contributed by atoms with Crippen LogP contribution in [0.15, 0.2) is 18.3 Å². The first-order chi connectivity index (χ1) is 8.07. The zero-order valence-electron chi connectivity index (χ0n) is 9.47. The molecule has 1 N–H and O–H groups in total. The van der Waals surface area contributed by atoms with E-state index >= 15 is 0 Å². The molecule has 1 aromatic heterocycles. The monoisotopic (exact) mass is 235 g/mol. The number of carboxylic acid groups (broad SMARTS) is 1. The van der Waals surface area contributed by atoms with Crippen molar-refractivity contribution in [2.45, 2.75) is 19.3 Å². The smallest absolute Gasteiger partial charge is 0.339 e. The van der Waals surface area contributed by atoms with Crippen LogP contribution < -0.4 is 0 Å². The van der Waals surface area contributed by atoms with Crippen molar-refractivity contribution in [3.63, 3.8) is 0 Å². The normalized spacial score (nSPS) is 16.3. The van der Waals surface area contributed by atoms with Crippen molar-refractivity contribution < 1.29 is 19.4 Å². The number of aromatic nitrogens is 1. The summed E-state index contributed by atoms with van der Waals surface area (Å²) >= 11 is 0. The summed E-state index contributed by atoms with van der Waals surface area (Å²) in [5.74, 6) is -1.21. The Kier molecular flexibility index (Phi) is 2.83. The summed E-state index contributed by atoms with van der Waals surface area (Å²) in [6.07, 6.45) is 3.23. The Labute approximate surface area is 98.4 Å². The van der Waals surface area contributed by atoms with E-state index in [2.05, 4.69) is 9.72 Å². The molecule has 5 heteroatoms. The Bertz CT molecular complexity index is 448. The van der Waals surface area contributed by atoms with Crippen LogP contribution in [-0.4, -0.2) is 29.1 Å². The minimum absolute atomic E-state index is 0.372. The number of ether oxygens (including phenoxy) is 1. The summed E-state index contributed by atoms with van der Waals surface area (Å²) in [6, 6.07) is 3.28. The van der Waals surface area contributed by atoms with Gasteiger partial charge in [0.15, 0.2) is 0 Å². The summed E-state index contributed by atoms with van der Waals surface area (Å²) in [5, 5.41) is 9.04. The standard InChI is InChI=1S/C12H13NO4/c1-17-10(14)8-2-3-9(13-7-8)6-12(4-5-12)11(15)16/h2-3,7H,4-6H2,1H3,(H,15,16). The Balaban J connectivity index is 2.09. The highest BCUT2D eigenvalue weighted by Crippen LogP contribution is 2.48. The van der Waals surface area contributed by atoms with E-state index in [-0.39, 0.29) is 0 Å². The summed E-state index contributed by atoms with van der Waals surface area (Å²) in [4.78, 5) is 26.3. The van der Waals surface area contributed by atoms with E-state index in [4.69, 9.17) is 5.11 Å². The van der Waals surface area contributed by atoms with E-state index in [1.165, 1.54) is 13.3 Å². The molecule has 0 radical (unpaired) electrons. The molecule has 0 saturated heterocycles. The molecule has 5 nitrogen and oxygen atoms in total. The number of hydrogen-bond donors (Lipinski definition) is 1. The molecule has 1 fully saturated rings. The van der Waals surface area contributed by atoms with Gasteiger partial charge in [-0.15, -0.1) is 0 Å². The van der Waals surface area contributed by atoms with E-state index < -0.39 is 17.4 Å². The second kappa shape index (κ2) is 4.16. The first kappa shape index (κ1) is 11.6. The molecule has 0 aromatic carbocycles. The second-order valence-corrected chi connectivity index (χ2v) is 4.29. The van der Waals surface area contributed by atoms with Crippen LogP contribution in [0.1, 0.15) is 28.9 Å². The van der Waals surface area contributed by atoms with Crippen LogP contribution >= 0.6 is 0 Å². The molecule has 90 valence electrons. The summed E-state index contributed by atoms with van der Waals surface area (Å²) in [7, 11) is 1.31. The van der Waals surface area contributed by atoms with Crippen LogP contribution in [0.3, 0.4) is 0 Å². The molecule has 0 aliphatic heterocycles. The SMILES string of the molecule is COC(=O)c1ccc(CC2(C(=O)O)CC2)nc1. The Morgan fingerprint density at radius 2 is 2.18 bits per heavy atom. The van der Waals surface area contributed by atoms with Gasteiger partial charge in [-0.1, -0.05) is 0 Å². The van der Waals surface area contributed by atoms with Gasteiger partial charge in [0.25, 0.3) is 0 Å². The summed E-state index contributed by atoms with van der Waals surface area (Å²) in [5.41, 5.74) is 0.439. The van der Waals surface area contributed by atoms with E-state index in [9.17, 15) is 9.59 Å². The zero-order chi connectivity index (χ0) is 12.5. The number of carbonyl (C=O) groups excluding carboxylic acids is 1. The number of nitrogens with zero attached hydrogens (tertiary/aromatic N) is 1. The van der Waals surface area contributed by atoms with Crippen LogP contribution in [0.2, 0.25) is 0 Å². The number of esters is 1. The third kappa shape index (κ3) is 2.27. The van der Waals surface area contributed by atoms with Crippen LogP contribution in [0.5, 0.6) is 0 Å². The van der Waals surface area contributed by atoms with Gasteiger partial charge in [0, 0.05) is 18.3 Å². The minimum atomic E-state index is -0.767. The zero-order valence-corrected chi connectivity index (χ0v) is 9.47. The molecule has 0 amide bonds. The highest BCUT2D eigenvalue weighted by molar-refractivity contribution is 5.88. The largest absolute Gasteiger partial charge is 0.481 e. The quantitative estimate of drug-likeness (QED) is 0.795. The third-order valence-electron chi connectivity index (χ3n) is 3.07. The summed E-state index contributed by atoms with van der Waals surface area (Å²) in [6.45, 7) is 0. The lowest BCUT2D eigenvalue weighted by molar-refractivity contribution is -0.143. The average Bonchev–Trinajstić information content (AvgIpc) is 3.10. The lowest BCUT2D eigenvalue weighted by Crippen LogP contribution is -2.18. The Hall–Kier alpha value is -1.91. The van der Waals surface area contributed by atoms with Crippen LogP contribution in [0, 0.1) is 5.41 Å². The molecular formula is C12H13NO4. The second-order valence-electron chi connectivity index (χ2n) is 4.29. The van der Waals surface area contributed by atoms with E-state index in [1.54, 1.807) is 12.1 Å². The van der Waals surface area contributed by atoms with Gasteiger partial charge in [0.1, 0.15) is 0 Å². The maximum atomic E-state index is 11.2. The lowest BCUT2D eigenvalue weighted by Gasteiger charge is -2.08. The number of hydrogen-bond acceptors (Lipinski definition) is 4. The number of pyridine rings is 1. The fourth-order valence-electron chi connectivity index (χ4n) is 1.73. The van der Waals surface area contributed by atoms with Gasteiger partial charge in [0.2, 0.25) is 0 Å².